The molecule has 0 radical (unpaired) electrons. The zero-order chi connectivity index (χ0) is 25.4. The summed E-state index contributed by atoms with van der Waals surface area (Å²) in [5.74, 6) is -1.20. The van der Waals surface area contributed by atoms with Crippen LogP contribution < -0.4 is 9.64 Å². The molecule has 1 fully saturated rings. The fourth-order valence-electron chi connectivity index (χ4n) is 4.66. The molecule has 0 aliphatic carbocycles. The minimum absolute atomic E-state index is 0.0180. The molecule has 1 saturated heterocycles. The molecular formula is C29H29NO5. The number of para-hydroxylation sites is 2. The van der Waals surface area contributed by atoms with Crippen LogP contribution in [0.2, 0.25) is 0 Å². The highest BCUT2D eigenvalue weighted by atomic mass is 16.5. The molecule has 0 bridgehead atoms. The number of phenolic OH excluding ortho intramolecular Hbond substituents is 1. The maximum absolute atomic E-state index is 13.4. The van der Waals surface area contributed by atoms with E-state index in [1.54, 1.807) is 25.3 Å². The van der Waals surface area contributed by atoms with Gasteiger partial charge in [-0.1, -0.05) is 50.2 Å². The Labute approximate surface area is 205 Å². The van der Waals surface area contributed by atoms with Crippen LogP contribution in [0.4, 0.5) is 5.69 Å². The van der Waals surface area contributed by atoms with Crippen molar-refractivity contribution in [1.82, 2.24) is 0 Å². The SMILES string of the molecule is COc1cc(C)c(/C(O)=C2\C(=O)C(=O)N(c3ccccc3O)C2c2ccccc2C)cc1C(C)C. The lowest BCUT2D eigenvalue weighted by Crippen LogP contribution is -2.29. The average Bonchev–Trinajstić information content (AvgIpc) is 3.09. The number of aliphatic hydroxyl groups excluding tert-OH is 1. The summed E-state index contributed by atoms with van der Waals surface area (Å²) in [6.07, 6.45) is 0. The Morgan fingerprint density at radius 1 is 0.971 bits per heavy atom. The predicted molar refractivity (Wildman–Crippen MR) is 136 cm³/mol. The van der Waals surface area contributed by atoms with Gasteiger partial charge in [0.2, 0.25) is 0 Å². The Morgan fingerprint density at radius 3 is 2.26 bits per heavy atom. The van der Waals surface area contributed by atoms with Crippen molar-refractivity contribution in [1.29, 1.82) is 0 Å². The first kappa shape index (κ1) is 24.1. The van der Waals surface area contributed by atoms with Crippen molar-refractivity contribution in [2.45, 2.75) is 39.7 Å². The maximum atomic E-state index is 13.4. The summed E-state index contributed by atoms with van der Waals surface area (Å²) < 4.78 is 5.53. The summed E-state index contributed by atoms with van der Waals surface area (Å²) in [6, 6.07) is 16.5. The smallest absolute Gasteiger partial charge is 0.300 e. The lowest BCUT2D eigenvalue weighted by Gasteiger charge is -2.27. The molecule has 1 amide bonds. The van der Waals surface area contributed by atoms with Crippen molar-refractivity contribution in [3.05, 3.63) is 94.1 Å². The molecule has 2 N–H and O–H groups in total. The third kappa shape index (κ3) is 4.05. The summed E-state index contributed by atoms with van der Waals surface area (Å²) in [4.78, 5) is 28.1. The second-order valence-corrected chi connectivity index (χ2v) is 9.08. The van der Waals surface area contributed by atoms with Crippen molar-refractivity contribution in [2.75, 3.05) is 12.0 Å². The predicted octanol–water partition coefficient (Wildman–Crippen LogP) is 5.77. The lowest BCUT2D eigenvalue weighted by atomic mass is 9.89. The molecular weight excluding hydrogens is 442 g/mol. The van der Waals surface area contributed by atoms with Crippen molar-refractivity contribution in [3.63, 3.8) is 0 Å². The first-order chi connectivity index (χ1) is 16.7. The number of phenols is 1. The van der Waals surface area contributed by atoms with E-state index in [1.807, 2.05) is 64.1 Å². The van der Waals surface area contributed by atoms with Gasteiger partial charge in [-0.25, -0.2) is 0 Å². The van der Waals surface area contributed by atoms with Gasteiger partial charge in [-0.15, -0.1) is 0 Å². The first-order valence-electron chi connectivity index (χ1n) is 11.5. The van der Waals surface area contributed by atoms with Gasteiger partial charge >= 0.3 is 0 Å². The summed E-state index contributed by atoms with van der Waals surface area (Å²) in [6.45, 7) is 7.74. The zero-order valence-corrected chi connectivity index (χ0v) is 20.5. The first-order valence-corrected chi connectivity index (χ1v) is 11.5. The maximum Gasteiger partial charge on any atom is 0.300 e. The van der Waals surface area contributed by atoms with Gasteiger partial charge in [0.25, 0.3) is 11.7 Å². The summed E-state index contributed by atoms with van der Waals surface area (Å²) in [5.41, 5.74) is 3.77. The molecule has 180 valence electrons. The highest BCUT2D eigenvalue weighted by Crippen LogP contribution is 2.46. The van der Waals surface area contributed by atoms with Gasteiger partial charge in [-0.05, 0) is 66.3 Å². The van der Waals surface area contributed by atoms with E-state index in [0.717, 1.165) is 11.1 Å². The quantitative estimate of drug-likeness (QED) is 0.280. The molecule has 6 heteroatoms. The Morgan fingerprint density at radius 2 is 1.63 bits per heavy atom. The Balaban J connectivity index is 2.03. The number of amides is 1. The van der Waals surface area contributed by atoms with Crippen molar-refractivity contribution < 1.29 is 24.5 Å². The van der Waals surface area contributed by atoms with Gasteiger partial charge in [-0.3, -0.25) is 14.5 Å². The van der Waals surface area contributed by atoms with E-state index < -0.39 is 17.7 Å². The van der Waals surface area contributed by atoms with Gasteiger partial charge in [0.05, 0.1) is 24.4 Å². The highest BCUT2D eigenvalue weighted by molar-refractivity contribution is 6.52. The number of ketones is 1. The van der Waals surface area contributed by atoms with Crippen LogP contribution in [0.3, 0.4) is 0 Å². The Bertz CT molecular complexity index is 1350. The standard InChI is InChI=1S/C29H29NO5/c1-16(2)20-15-21(18(4)14-24(20)35-5)27(32)25-26(19-11-7-6-10-17(19)3)30(29(34)28(25)33)22-12-8-9-13-23(22)31/h6-16,26,31-32H,1-5H3/b27-25+. The third-order valence-corrected chi connectivity index (χ3v) is 6.52. The number of aromatic hydroxyl groups is 1. The molecule has 3 aromatic rings. The summed E-state index contributed by atoms with van der Waals surface area (Å²) in [7, 11) is 1.59. The lowest BCUT2D eigenvalue weighted by molar-refractivity contribution is -0.132. The number of hydrogen-bond acceptors (Lipinski definition) is 5. The monoisotopic (exact) mass is 471 g/mol. The van der Waals surface area contributed by atoms with Crippen molar-refractivity contribution in [2.24, 2.45) is 0 Å². The second kappa shape index (κ2) is 9.29. The molecule has 1 aliphatic rings. The van der Waals surface area contributed by atoms with Crippen LogP contribution in [0.1, 0.15) is 53.6 Å². The van der Waals surface area contributed by atoms with Gasteiger partial charge in [0, 0.05) is 5.56 Å². The Hall–Kier alpha value is -4.06. The molecule has 4 rings (SSSR count). The average molecular weight is 472 g/mol. The van der Waals surface area contributed by atoms with Gasteiger partial charge < -0.3 is 14.9 Å². The van der Waals surface area contributed by atoms with Crippen LogP contribution in [0.15, 0.2) is 66.2 Å². The van der Waals surface area contributed by atoms with Crippen molar-refractivity contribution in [3.8, 4) is 11.5 Å². The topological polar surface area (TPSA) is 87.1 Å². The van der Waals surface area contributed by atoms with E-state index in [9.17, 15) is 19.8 Å². The van der Waals surface area contributed by atoms with E-state index in [1.165, 1.54) is 11.0 Å². The molecule has 0 aromatic heterocycles. The minimum atomic E-state index is -0.909. The molecule has 0 spiro atoms. The molecule has 1 heterocycles. The Kier molecular flexibility index (Phi) is 6.39. The summed E-state index contributed by atoms with van der Waals surface area (Å²) >= 11 is 0. The number of aryl methyl sites for hydroxylation is 2. The number of Topliss-reactive ketones (excluding diaryl/α,β-unsaturated/α-hetero) is 1. The van der Waals surface area contributed by atoms with Crippen LogP contribution in [0.5, 0.6) is 11.5 Å². The number of rotatable bonds is 5. The van der Waals surface area contributed by atoms with Crippen LogP contribution in [-0.4, -0.2) is 29.0 Å². The number of benzene rings is 3. The fourth-order valence-corrected chi connectivity index (χ4v) is 4.66. The zero-order valence-electron chi connectivity index (χ0n) is 20.5. The minimum Gasteiger partial charge on any atom is -0.507 e. The summed E-state index contributed by atoms with van der Waals surface area (Å²) in [5, 5.41) is 22.1. The molecule has 0 saturated carbocycles. The van der Waals surface area contributed by atoms with E-state index in [2.05, 4.69) is 0 Å². The van der Waals surface area contributed by atoms with Crippen LogP contribution in [0.25, 0.3) is 5.76 Å². The number of aliphatic hydroxyl groups is 1. The number of ether oxygens (including phenoxy) is 1. The third-order valence-electron chi connectivity index (χ3n) is 6.52. The number of hydrogen-bond donors (Lipinski definition) is 2. The van der Waals surface area contributed by atoms with Gasteiger partial charge in [-0.2, -0.15) is 0 Å². The number of carbonyl (C=O) groups excluding carboxylic acids is 2. The number of methoxy groups -OCH3 is 1. The van der Waals surface area contributed by atoms with E-state index in [-0.39, 0.29) is 28.7 Å². The van der Waals surface area contributed by atoms with Crippen LogP contribution in [-0.2, 0) is 9.59 Å². The molecule has 1 atom stereocenters. The molecule has 6 nitrogen and oxygen atoms in total. The fraction of sp³-hybridized carbons (Fsp3) is 0.241. The van der Waals surface area contributed by atoms with E-state index >= 15 is 0 Å². The second-order valence-electron chi connectivity index (χ2n) is 9.08. The van der Waals surface area contributed by atoms with Crippen molar-refractivity contribution >= 4 is 23.1 Å². The molecule has 1 aliphatic heterocycles. The van der Waals surface area contributed by atoms with E-state index in [0.29, 0.717) is 22.4 Å². The molecule has 3 aromatic carbocycles. The van der Waals surface area contributed by atoms with Crippen LogP contribution in [0, 0.1) is 13.8 Å². The normalized spacial score (nSPS) is 17.3. The van der Waals surface area contributed by atoms with Gasteiger partial charge in [0.1, 0.15) is 17.3 Å². The highest BCUT2D eigenvalue weighted by Gasteiger charge is 2.48. The number of anilines is 1. The van der Waals surface area contributed by atoms with Crippen LogP contribution >= 0.6 is 0 Å². The number of nitrogens with zero attached hydrogens (tertiary/aromatic N) is 1. The molecule has 1 unspecified atom stereocenters. The number of carbonyl (C=O) groups is 2. The van der Waals surface area contributed by atoms with Gasteiger partial charge in [0.15, 0.2) is 0 Å². The molecule has 35 heavy (non-hydrogen) atoms. The largest absolute Gasteiger partial charge is 0.507 e. The van der Waals surface area contributed by atoms with E-state index in [4.69, 9.17) is 4.74 Å².